The molecule has 1 heterocycles. The highest BCUT2D eigenvalue weighted by molar-refractivity contribution is 7.01. The lowest BCUT2D eigenvalue weighted by Gasteiger charge is -2.38. The van der Waals surface area contributed by atoms with Crippen LogP contribution in [0.5, 0.6) is 0 Å². The smallest absolute Gasteiger partial charge is 0.312 e. The third-order valence-corrected chi connectivity index (χ3v) is 21.5. The first-order valence-corrected chi connectivity index (χ1v) is 21.2. The Hall–Kier alpha value is -0.292. The highest BCUT2D eigenvalue weighted by Crippen LogP contribution is 2.48. The van der Waals surface area contributed by atoms with Crippen LogP contribution in [0, 0.1) is 0 Å². The van der Waals surface area contributed by atoms with Crippen molar-refractivity contribution in [3.05, 3.63) is 35.4 Å². The number of rotatable bonds is 0. The van der Waals surface area contributed by atoms with Gasteiger partial charge >= 0.3 is 17.1 Å². The van der Waals surface area contributed by atoms with Crippen LogP contribution in [0.4, 0.5) is 0 Å². The van der Waals surface area contributed by atoms with Gasteiger partial charge in [-0.1, -0.05) is 24.3 Å². The predicted octanol–water partition coefficient (Wildman–Crippen LogP) is 4.12. The van der Waals surface area contributed by atoms with Crippen LogP contribution in [0.3, 0.4) is 0 Å². The third-order valence-electron chi connectivity index (χ3n) is 5.88. The second-order valence-electron chi connectivity index (χ2n) is 9.95. The molecule has 2 aliphatic carbocycles. The molecule has 2 bridgehead atoms. The molecule has 7 heteroatoms. The molecule has 1 aromatic carbocycles. The number of benzene rings is 1. The monoisotopic (exact) mass is 420 g/mol. The minimum Gasteiger partial charge on any atom is -0.433 e. The Morgan fingerprint density at radius 3 is 1.96 bits per heavy atom. The summed E-state index contributed by atoms with van der Waals surface area (Å²) in [6, 6.07) is 4.78. The Kier molecular flexibility index (Phi) is 4.12. The van der Waals surface area contributed by atoms with Gasteiger partial charge in [0.15, 0.2) is 0 Å². The van der Waals surface area contributed by atoms with E-state index in [2.05, 4.69) is 76.7 Å². The van der Waals surface area contributed by atoms with Crippen LogP contribution in [0.2, 0.25) is 52.4 Å². The number of fused-ring (bicyclic) bond motifs is 7. The fourth-order valence-electron chi connectivity index (χ4n) is 5.62. The first kappa shape index (κ1) is 19.0. The van der Waals surface area contributed by atoms with E-state index in [9.17, 15) is 0 Å². The summed E-state index contributed by atoms with van der Waals surface area (Å²) in [5, 5.41) is 3.00. The fraction of sp³-hybridized carbons (Fsp3) is 0.579. The van der Waals surface area contributed by atoms with Gasteiger partial charge in [-0.3, -0.25) is 0 Å². The molecule has 3 nitrogen and oxygen atoms in total. The molecule has 1 aromatic rings. The second kappa shape index (κ2) is 5.62. The van der Waals surface area contributed by atoms with E-state index < -0.39 is 33.8 Å². The zero-order chi connectivity index (χ0) is 19.1. The van der Waals surface area contributed by atoms with Gasteiger partial charge in [0, 0.05) is 11.8 Å². The minimum absolute atomic E-state index is 0.571. The van der Waals surface area contributed by atoms with E-state index in [1.165, 1.54) is 11.6 Å². The van der Waals surface area contributed by atoms with E-state index in [1.807, 2.05) is 0 Å². The molecule has 0 N–H and O–H groups in total. The summed E-state index contributed by atoms with van der Waals surface area (Å²) in [5.41, 5.74) is 3.13. The molecule has 26 heavy (non-hydrogen) atoms. The first-order valence-electron chi connectivity index (χ1n) is 9.78. The lowest BCUT2D eigenvalue weighted by Crippen LogP contribution is -2.64. The SMILES string of the molecule is C[Si]1(C)O[Si](C)(C)O[Si](C)(C)c2c(ccc3c2[C@H]2C=C[C@@H]3C2)[Si](C)(C)O1. The van der Waals surface area contributed by atoms with Gasteiger partial charge in [-0.15, -0.1) is 0 Å². The van der Waals surface area contributed by atoms with E-state index in [0.717, 1.165) is 0 Å². The van der Waals surface area contributed by atoms with E-state index in [0.29, 0.717) is 11.8 Å². The van der Waals surface area contributed by atoms with Crippen LogP contribution in [0.25, 0.3) is 0 Å². The first-order chi connectivity index (χ1) is 11.8. The molecule has 0 aromatic heterocycles. The number of hydrogen-bond acceptors (Lipinski definition) is 3. The summed E-state index contributed by atoms with van der Waals surface area (Å²) >= 11 is 0. The van der Waals surface area contributed by atoms with Gasteiger partial charge in [0.2, 0.25) is 16.6 Å². The molecular weight excluding hydrogens is 389 g/mol. The topological polar surface area (TPSA) is 27.7 Å². The van der Waals surface area contributed by atoms with Crippen molar-refractivity contribution in [1.29, 1.82) is 0 Å². The Balaban J connectivity index is 1.99. The van der Waals surface area contributed by atoms with Crippen LogP contribution >= 0.6 is 0 Å². The van der Waals surface area contributed by atoms with E-state index >= 15 is 0 Å². The van der Waals surface area contributed by atoms with Gasteiger partial charge in [-0.25, -0.2) is 0 Å². The van der Waals surface area contributed by atoms with Crippen molar-refractivity contribution in [2.24, 2.45) is 0 Å². The molecule has 0 spiro atoms. The van der Waals surface area contributed by atoms with Gasteiger partial charge in [0.1, 0.15) is 0 Å². The molecular formula is C19H32O3Si4. The van der Waals surface area contributed by atoms with Crippen molar-refractivity contribution in [2.45, 2.75) is 70.6 Å². The van der Waals surface area contributed by atoms with E-state index in [-0.39, 0.29) is 0 Å². The van der Waals surface area contributed by atoms with Crippen molar-refractivity contribution in [3.8, 4) is 0 Å². The highest BCUT2D eigenvalue weighted by Gasteiger charge is 2.51. The van der Waals surface area contributed by atoms with Gasteiger partial charge in [-0.05, 0) is 80.3 Å². The zero-order valence-corrected chi connectivity index (χ0v) is 21.4. The van der Waals surface area contributed by atoms with Crippen molar-refractivity contribution in [1.82, 2.24) is 0 Å². The number of allylic oxidation sites excluding steroid dienone is 2. The van der Waals surface area contributed by atoms with Crippen molar-refractivity contribution < 1.29 is 12.3 Å². The van der Waals surface area contributed by atoms with Crippen LogP contribution in [-0.4, -0.2) is 33.8 Å². The Bertz CT molecular complexity index is 798. The molecule has 3 aliphatic rings. The maximum Gasteiger partial charge on any atom is 0.312 e. The van der Waals surface area contributed by atoms with Gasteiger partial charge in [-0.2, -0.15) is 0 Å². The molecule has 0 fully saturated rings. The molecule has 0 radical (unpaired) electrons. The molecule has 0 saturated heterocycles. The second-order valence-corrected chi connectivity index (χ2v) is 25.1. The average molecular weight is 421 g/mol. The molecule has 0 unspecified atom stereocenters. The summed E-state index contributed by atoms with van der Waals surface area (Å²) < 4.78 is 20.4. The highest BCUT2D eigenvalue weighted by atomic mass is 28.5. The summed E-state index contributed by atoms with van der Waals surface area (Å²) in [6.07, 6.45) is 6.08. The van der Waals surface area contributed by atoms with Crippen molar-refractivity contribution >= 4 is 44.1 Å². The third kappa shape index (κ3) is 3.01. The Labute approximate surface area is 162 Å². The lowest BCUT2D eigenvalue weighted by atomic mass is 9.97. The van der Waals surface area contributed by atoms with E-state index in [4.69, 9.17) is 12.3 Å². The van der Waals surface area contributed by atoms with Crippen LogP contribution in [0.15, 0.2) is 24.3 Å². The standard InChI is InChI=1S/C19H32O3Si4/c1-23(2)17-12-11-16-14-9-10-15(13-14)18(16)19(17)24(3,4)21-26(7,8)22-25(5,6)20-23/h9-12,14-15H,13H2,1-8H3/t14-,15+/m1/s1. The van der Waals surface area contributed by atoms with Crippen LogP contribution in [0.1, 0.15) is 29.4 Å². The predicted molar refractivity (Wildman–Crippen MR) is 118 cm³/mol. The maximum atomic E-state index is 6.94. The Morgan fingerprint density at radius 1 is 0.731 bits per heavy atom. The van der Waals surface area contributed by atoms with Gasteiger partial charge < -0.3 is 12.3 Å². The summed E-state index contributed by atoms with van der Waals surface area (Å²) in [6.45, 7) is 18.3. The van der Waals surface area contributed by atoms with E-state index in [1.54, 1.807) is 16.3 Å². The van der Waals surface area contributed by atoms with Gasteiger partial charge in [0.25, 0.3) is 0 Å². The fourth-order valence-corrected chi connectivity index (χ4v) is 26.9. The summed E-state index contributed by atoms with van der Waals surface area (Å²) in [4.78, 5) is 0. The summed E-state index contributed by atoms with van der Waals surface area (Å²) in [5.74, 6) is 1.18. The normalized spacial score (nSPS) is 32.3. The molecule has 2 atom stereocenters. The van der Waals surface area contributed by atoms with Crippen molar-refractivity contribution in [3.63, 3.8) is 0 Å². The molecule has 142 valence electrons. The maximum absolute atomic E-state index is 6.94. The largest absolute Gasteiger partial charge is 0.433 e. The molecule has 0 amide bonds. The molecule has 0 saturated carbocycles. The minimum atomic E-state index is -2.26. The van der Waals surface area contributed by atoms with Crippen LogP contribution < -0.4 is 10.4 Å². The Morgan fingerprint density at radius 2 is 1.31 bits per heavy atom. The lowest BCUT2D eigenvalue weighted by molar-refractivity contribution is 0.335. The summed E-state index contributed by atoms with van der Waals surface area (Å²) in [7, 11) is -8.72. The zero-order valence-electron chi connectivity index (χ0n) is 17.4. The molecule has 4 rings (SSSR count). The number of hydrogen-bond donors (Lipinski definition) is 0. The molecule has 1 aliphatic heterocycles. The van der Waals surface area contributed by atoms with Crippen LogP contribution in [-0.2, 0) is 12.3 Å². The van der Waals surface area contributed by atoms with Crippen molar-refractivity contribution in [2.75, 3.05) is 0 Å². The quantitative estimate of drug-likeness (QED) is 0.467. The average Bonchev–Trinajstić information content (AvgIpc) is 3.02. The van der Waals surface area contributed by atoms with Gasteiger partial charge in [0.05, 0.1) is 0 Å².